The van der Waals surface area contributed by atoms with Gasteiger partial charge in [0.05, 0.1) is 16.1 Å². The van der Waals surface area contributed by atoms with Crippen LogP contribution < -0.4 is 10.1 Å². The molecule has 0 bridgehead atoms. The van der Waals surface area contributed by atoms with Crippen molar-refractivity contribution in [2.24, 2.45) is 0 Å². The maximum absolute atomic E-state index is 12.2. The van der Waals surface area contributed by atoms with Crippen LogP contribution in [0.25, 0.3) is 0 Å². The third-order valence-corrected chi connectivity index (χ3v) is 4.64. The monoisotopic (exact) mass is 428 g/mol. The maximum atomic E-state index is 12.2. The Kier molecular flexibility index (Phi) is 7.03. The number of hydrogen-bond donors (Lipinski definition) is 1. The number of carbonyl (C=O) groups is 1. The van der Waals surface area contributed by atoms with Crippen molar-refractivity contribution in [1.29, 1.82) is 0 Å². The lowest BCUT2D eigenvalue weighted by molar-refractivity contribution is -0.384. The first-order valence-corrected chi connectivity index (χ1v) is 9.73. The van der Waals surface area contributed by atoms with Crippen LogP contribution in [0.5, 0.6) is 5.75 Å². The van der Waals surface area contributed by atoms with Crippen LogP contribution in [-0.4, -0.2) is 27.2 Å². The van der Waals surface area contributed by atoms with E-state index in [0.717, 1.165) is 24.1 Å². The van der Waals surface area contributed by atoms with Gasteiger partial charge in [-0.15, -0.1) is 0 Å². The van der Waals surface area contributed by atoms with Crippen LogP contribution in [0.3, 0.4) is 0 Å². The van der Waals surface area contributed by atoms with Crippen molar-refractivity contribution >= 4 is 23.2 Å². The Labute approximate surface area is 178 Å². The van der Waals surface area contributed by atoms with Crippen LogP contribution in [0.4, 0.5) is 5.69 Å². The molecule has 0 fully saturated rings. The van der Waals surface area contributed by atoms with E-state index < -0.39 is 4.92 Å². The largest absolute Gasteiger partial charge is 0.487 e. The Morgan fingerprint density at radius 3 is 2.67 bits per heavy atom. The standard InChI is InChI=1S/C21H21ClN4O4/c1-15-12-24-25(13-15)10-2-9-23-21(27)17-5-3-16(4-6-17)14-30-20-8-7-18(26(28)29)11-19(20)22/h3-8,11-13H,2,9-10,14H2,1H3,(H,23,27). The van der Waals surface area contributed by atoms with Gasteiger partial charge in [-0.1, -0.05) is 23.7 Å². The fourth-order valence-electron chi connectivity index (χ4n) is 2.77. The number of nitro benzene ring substituents is 1. The molecule has 1 N–H and O–H groups in total. The number of rotatable bonds is 9. The first-order chi connectivity index (χ1) is 14.4. The van der Waals surface area contributed by atoms with Crippen molar-refractivity contribution in [3.05, 3.63) is 86.7 Å². The number of hydrogen-bond acceptors (Lipinski definition) is 5. The number of nitro groups is 1. The molecular weight excluding hydrogens is 408 g/mol. The second kappa shape index (κ2) is 9.89. The smallest absolute Gasteiger partial charge is 0.271 e. The topological polar surface area (TPSA) is 99.3 Å². The van der Waals surface area contributed by atoms with Gasteiger partial charge in [-0.05, 0) is 42.7 Å². The number of nitrogens with zero attached hydrogens (tertiary/aromatic N) is 3. The molecule has 0 aliphatic heterocycles. The van der Waals surface area contributed by atoms with Crippen molar-refractivity contribution in [2.75, 3.05) is 6.54 Å². The number of carbonyl (C=O) groups excluding carboxylic acids is 1. The van der Waals surface area contributed by atoms with Gasteiger partial charge >= 0.3 is 0 Å². The molecular formula is C21H21ClN4O4. The van der Waals surface area contributed by atoms with Gasteiger partial charge in [0.25, 0.3) is 11.6 Å². The molecule has 2 aromatic carbocycles. The summed E-state index contributed by atoms with van der Waals surface area (Å²) in [4.78, 5) is 22.5. The lowest BCUT2D eigenvalue weighted by Gasteiger charge is -2.09. The lowest BCUT2D eigenvalue weighted by Crippen LogP contribution is -2.25. The van der Waals surface area contributed by atoms with Crippen LogP contribution in [0.15, 0.2) is 54.9 Å². The van der Waals surface area contributed by atoms with Crippen LogP contribution in [0.2, 0.25) is 5.02 Å². The van der Waals surface area contributed by atoms with Crippen molar-refractivity contribution in [3.63, 3.8) is 0 Å². The number of aromatic nitrogens is 2. The summed E-state index contributed by atoms with van der Waals surface area (Å²) >= 11 is 6.02. The Morgan fingerprint density at radius 1 is 1.27 bits per heavy atom. The van der Waals surface area contributed by atoms with E-state index in [1.165, 1.54) is 18.2 Å². The molecule has 0 atom stereocenters. The molecule has 3 rings (SSSR count). The van der Waals surface area contributed by atoms with Crippen LogP contribution in [0, 0.1) is 17.0 Å². The summed E-state index contributed by atoms with van der Waals surface area (Å²) < 4.78 is 7.47. The Balaban J connectivity index is 1.46. The molecule has 156 valence electrons. The van der Waals surface area contributed by atoms with Gasteiger partial charge in [-0.3, -0.25) is 19.6 Å². The van der Waals surface area contributed by atoms with E-state index in [2.05, 4.69) is 10.4 Å². The molecule has 0 radical (unpaired) electrons. The fourth-order valence-corrected chi connectivity index (χ4v) is 3.00. The number of benzene rings is 2. The molecule has 1 amide bonds. The molecule has 30 heavy (non-hydrogen) atoms. The minimum Gasteiger partial charge on any atom is -0.487 e. The summed E-state index contributed by atoms with van der Waals surface area (Å²) in [5.41, 5.74) is 2.42. The number of ether oxygens (including phenoxy) is 1. The number of non-ortho nitro benzene ring substituents is 1. The third kappa shape index (κ3) is 5.81. The van der Waals surface area contributed by atoms with E-state index in [1.807, 2.05) is 17.8 Å². The molecule has 0 unspecified atom stereocenters. The van der Waals surface area contributed by atoms with Crippen molar-refractivity contribution < 1.29 is 14.5 Å². The third-order valence-electron chi connectivity index (χ3n) is 4.35. The summed E-state index contributed by atoms with van der Waals surface area (Å²) in [6.45, 7) is 3.51. The SMILES string of the molecule is Cc1cnn(CCCNC(=O)c2ccc(COc3ccc([N+](=O)[O-])cc3Cl)cc2)c1. The van der Waals surface area contributed by atoms with Gasteiger partial charge in [0.1, 0.15) is 12.4 Å². The van der Waals surface area contributed by atoms with E-state index in [9.17, 15) is 14.9 Å². The Bertz CT molecular complexity index is 1030. The highest BCUT2D eigenvalue weighted by Crippen LogP contribution is 2.29. The maximum Gasteiger partial charge on any atom is 0.271 e. The highest BCUT2D eigenvalue weighted by Gasteiger charge is 2.11. The zero-order valence-corrected chi connectivity index (χ0v) is 17.1. The molecule has 0 aliphatic carbocycles. The summed E-state index contributed by atoms with van der Waals surface area (Å²) in [5.74, 6) is 0.217. The molecule has 0 aliphatic rings. The van der Waals surface area contributed by atoms with Gasteiger partial charge in [-0.25, -0.2) is 0 Å². The second-order valence-corrected chi connectivity index (χ2v) is 7.15. The predicted molar refractivity (Wildman–Crippen MR) is 113 cm³/mol. The van der Waals surface area contributed by atoms with Crippen LogP contribution in [-0.2, 0) is 13.2 Å². The van der Waals surface area contributed by atoms with Crippen molar-refractivity contribution in [1.82, 2.24) is 15.1 Å². The summed E-state index contributed by atoms with van der Waals surface area (Å²) in [7, 11) is 0. The molecule has 8 nitrogen and oxygen atoms in total. The zero-order chi connectivity index (χ0) is 21.5. The molecule has 1 heterocycles. The van der Waals surface area contributed by atoms with E-state index in [1.54, 1.807) is 30.5 Å². The average molecular weight is 429 g/mol. The summed E-state index contributed by atoms with van der Waals surface area (Å²) in [6, 6.07) is 11.1. The molecule has 1 aromatic heterocycles. The van der Waals surface area contributed by atoms with Gasteiger partial charge in [0, 0.05) is 37.0 Å². The normalized spacial score (nSPS) is 10.6. The van der Waals surface area contributed by atoms with E-state index >= 15 is 0 Å². The predicted octanol–water partition coefficient (Wildman–Crippen LogP) is 4.15. The number of aryl methyl sites for hydroxylation is 2. The number of halogens is 1. The highest BCUT2D eigenvalue weighted by molar-refractivity contribution is 6.32. The number of amides is 1. The van der Waals surface area contributed by atoms with Gasteiger partial charge in [-0.2, -0.15) is 5.10 Å². The minimum absolute atomic E-state index is 0.0950. The van der Waals surface area contributed by atoms with E-state index in [4.69, 9.17) is 16.3 Å². The molecule has 0 spiro atoms. The Morgan fingerprint density at radius 2 is 2.03 bits per heavy atom. The molecule has 0 saturated heterocycles. The molecule has 3 aromatic rings. The zero-order valence-electron chi connectivity index (χ0n) is 16.4. The van der Waals surface area contributed by atoms with Gasteiger partial charge < -0.3 is 10.1 Å². The minimum atomic E-state index is -0.516. The number of nitrogens with one attached hydrogen (secondary N) is 1. The van der Waals surface area contributed by atoms with E-state index in [0.29, 0.717) is 17.9 Å². The quantitative estimate of drug-likeness (QED) is 0.313. The first kappa shape index (κ1) is 21.3. The van der Waals surface area contributed by atoms with Gasteiger partial charge in [0.15, 0.2) is 0 Å². The first-order valence-electron chi connectivity index (χ1n) is 9.35. The summed E-state index contributed by atoms with van der Waals surface area (Å²) in [5, 5.41) is 18.0. The second-order valence-electron chi connectivity index (χ2n) is 6.75. The molecule has 9 heteroatoms. The van der Waals surface area contributed by atoms with Crippen LogP contribution in [0.1, 0.15) is 27.9 Å². The lowest BCUT2D eigenvalue weighted by atomic mass is 10.1. The average Bonchev–Trinajstić information content (AvgIpc) is 3.15. The van der Waals surface area contributed by atoms with Gasteiger partial charge in [0.2, 0.25) is 0 Å². The van der Waals surface area contributed by atoms with Crippen molar-refractivity contribution in [2.45, 2.75) is 26.5 Å². The van der Waals surface area contributed by atoms with Crippen LogP contribution >= 0.6 is 11.6 Å². The highest BCUT2D eigenvalue weighted by atomic mass is 35.5. The molecule has 0 saturated carbocycles. The summed E-state index contributed by atoms with van der Waals surface area (Å²) in [6.07, 6.45) is 4.56. The van der Waals surface area contributed by atoms with Crippen molar-refractivity contribution in [3.8, 4) is 5.75 Å². The Hall–Kier alpha value is -3.39. The fraction of sp³-hybridized carbons (Fsp3) is 0.238. The van der Waals surface area contributed by atoms with E-state index in [-0.39, 0.29) is 23.2 Å².